The molecule has 0 atom stereocenters. The summed E-state index contributed by atoms with van der Waals surface area (Å²) in [6.07, 6.45) is 1.07. The molecule has 0 unspecified atom stereocenters. The zero-order chi connectivity index (χ0) is 18.4. The van der Waals surface area contributed by atoms with E-state index >= 15 is 0 Å². The van der Waals surface area contributed by atoms with Crippen molar-refractivity contribution in [3.05, 3.63) is 47.4 Å². The average Bonchev–Trinajstić information content (AvgIpc) is 2.94. The first-order valence-corrected chi connectivity index (χ1v) is 7.73. The second-order valence-electron chi connectivity index (χ2n) is 5.54. The summed E-state index contributed by atoms with van der Waals surface area (Å²) in [4.78, 5) is 24.9. The van der Waals surface area contributed by atoms with E-state index in [4.69, 9.17) is 19.0 Å². The SMILES string of the molecule is COc1ccc(OCCN(C)C(=O)c2c(C)coc2CC(=O)O)cc1. The van der Waals surface area contributed by atoms with Gasteiger partial charge in [0.2, 0.25) is 0 Å². The molecule has 2 aromatic rings. The summed E-state index contributed by atoms with van der Waals surface area (Å²) < 4.78 is 15.9. The predicted molar refractivity (Wildman–Crippen MR) is 90.2 cm³/mol. The average molecular weight is 347 g/mol. The molecule has 1 amide bonds. The molecule has 0 spiro atoms. The summed E-state index contributed by atoms with van der Waals surface area (Å²) in [5.41, 5.74) is 0.915. The van der Waals surface area contributed by atoms with Gasteiger partial charge in [-0.3, -0.25) is 9.59 Å². The highest BCUT2D eigenvalue weighted by atomic mass is 16.5. The Bertz CT molecular complexity index is 735. The molecule has 0 saturated heterocycles. The molecular weight excluding hydrogens is 326 g/mol. The Hall–Kier alpha value is -2.96. The van der Waals surface area contributed by atoms with Gasteiger partial charge < -0.3 is 23.9 Å². The number of carboxylic acids is 1. The number of carbonyl (C=O) groups excluding carboxylic acids is 1. The van der Waals surface area contributed by atoms with Gasteiger partial charge >= 0.3 is 5.97 Å². The second-order valence-corrected chi connectivity index (χ2v) is 5.54. The lowest BCUT2D eigenvalue weighted by Gasteiger charge is -2.18. The van der Waals surface area contributed by atoms with Crippen LogP contribution in [0, 0.1) is 6.92 Å². The first-order chi connectivity index (χ1) is 11.9. The lowest BCUT2D eigenvalue weighted by molar-refractivity contribution is -0.136. The Balaban J connectivity index is 1.94. The van der Waals surface area contributed by atoms with E-state index in [9.17, 15) is 9.59 Å². The van der Waals surface area contributed by atoms with Crippen LogP contribution < -0.4 is 9.47 Å². The van der Waals surface area contributed by atoms with Gasteiger partial charge in [0.25, 0.3) is 5.91 Å². The van der Waals surface area contributed by atoms with Gasteiger partial charge in [-0.05, 0) is 31.2 Å². The van der Waals surface area contributed by atoms with Crippen molar-refractivity contribution in [1.29, 1.82) is 0 Å². The van der Waals surface area contributed by atoms with Crippen LogP contribution in [0.1, 0.15) is 21.7 Å². The molecule has 0 bridgehead atoms. The topological polar surface area (TPSA) is 89.2 Å². The van der Waals surface area contributed by atoms with Crippen molar-refractivity contribution in [2.24, 2.45) is 0 Å². The summed E-state index contributed by atoms with van der Waals surface area (Å²) in [7, 11) is 3.23. The van der Waals surface area contributed by atoms with E-state index in [0.717, 1.165) is 5.75 Å². The Morgan fingerprint density at radius 1 is 1.20 bits per heavy atom. The molecule has 2 rings (SSSR count). The molecule has 1 heterocycles. The number of nitrogens with zero attached hydrogens (tertiary/aromatic N) is 1. The molecule has 0 saturated carbocycles. The summed E-state index contributed by atoms with van der Waals surface area (Å²) in [5, 5.41) is 8.91. The van der Waals surface area contributed by atoms with Gasteiger partial charge in [-0.1, -0.05) is 0 Å². The van der Waals surface area contributed by atoms with Gasteiger partial charge in [-0.2, -0.15) is 0 Å². The fraction of sp³-hybridized carbons (Fsp3) is 0.333. The number of methoxy groups -OCH3 is 1. The van der Waals surface area contributed by atoms with E-state index in [-0.39, 0.29) is 18.1 Å². The largest absolute Gasteiger partial charge is 0.497 e. The lowest BCUT2D eigenvalue weighted by Crippen LogP contribution is -2.31. The number of hydrogen-bond acceptors (Lipinski definition) is 5. The third kappa shape index (κ3) is 4.76. The van der Waals surface area contributed by atoms with Crippen LogP contribution in [-0.2, 0) is 11.2 Å². The monoisotopic (exact) mass is 347 g/mol. The predicted octanol–water partition coefficient (Wildman–Crippen LogP) is 2.37. The molecule has 1 aromatic carbocycles. The Morgan fingerprint density at radius 3 is 2.44 bits per heavy atom. The summed E-state index contributed by atoms with van der Waals surface area (Å²) in [5.74, 6) is 0.237. The zero-order valence-corrected chi connectivity index (χ0v) is 14.4. The normalized spacial score (nSPS) is 10.4. The molecule has 0 radical (unpaired) electrons. The van der Waals surface area contributed by atoms with Crippen LogP contribution in [0.25, 0.3) is 0 Å². The number of carboxylic acid groups (broad SMARTS) is 1. The first-order valence-electron chi connectivity index (χ1n) is 7.73. The third-order valence-corrected chi connectivity index (χ3v) is 3.68. The minimum Gasteiger partial charge on any atom is -0.497 e. The van der Waals surface area contributed by atoms with E-state index < -0.39 is 5.97 Å². The van der Waals surface area contributed by atoms with E-state index in [1.807, 2.05) is 0 Å². The van der Waals surface area contributed by atoms with Crippen molar-refractivity contribution in [2.45, 2.75) is 13.3 Å². The summed E-state index contributed by atoms with van der Waals surface area (Å²) in [6, 6.07) is 7.14. The minimum absolute atomic E-state index is 0.165. The number of rotatable bonds is 8. The molecule has 0 aliphatic heterocycles. The molecule has 7 nitrogen and oxygen atoms in total. The molecular formula is C18H21NO6. The fourth-order valence-electron chi connectivity index (χ4n) is 2.32. The molecule has 25 heavy (non-hydrogen) atoms. The number of aryl methyl sites for hydroxylation is 1. The fourth-order valence-corrected chi connectivity index (χ4v) is 2.32. The van der Waals surface area contributed by atoms with Crippen molar-refractivity contribution >= 4 is 11.9 Å². The number of furan rings is 1. The van der Waals surface area contributed by atoms with E-state index in [2.05, 4.69) is 0 Å². The molecule has 1 N–H and O–H groups in total. The maximum absolute atomic E-state index is 12.6. The molecule has 0 aliphatic rings. The molecule has 1 aromatic heterocycles. The molecule has 0 fully saturated rings. The van der Waals surface area contributed by atoms with E-state index in [0.29, 0.717) is 30.0 Å². The lowest BCUT2D eigenvalue weighted by atomic mass is 10.1. The Morgan fingerprint density at radius 2 is 1.84 bits per heavy atom. The number of ether oxygens (including phenoxy) is 2. The number of aliphatic carboxylic acids is 1. The maximum Gasteiger partial charge on any atom is 0.311 e. The van der Waals surface area contributed by atoms with Gasteiger partial charge in [0.1, 0.15) is 30.3 Å². The first kappa shape index (κ1) is 18.4. The second kappa shape index (κ2) is 8.23. The number of benzene rings is 1. The van der Waals surface area contributed by atoms with Crippen LogP contribution in [0.5, 0.6) is 11.5 Å². The van der Waals surface area contributed by atoms with Crippen LogP contribution in [0.4, 0.5) is 0 Å². The molecule has 7 heteroatoms. The van der Waals surface area contributed by atoms with Gasteiger partial charge in [0.15, 0.2) is 0 Å². The van der Waals surface area contributed by atoms with Crippen molar-refractivity contribution in [2.75, 3.05) is 27.3 Å². The molecule has 0 aliphatic carbocycles. The summed E-state index contributed by atoms with van der Waals surface area (Å²) >= 11 is 0. The minimum atomic E-state index is -1.05. The molecule has 134 valence electrons. The van der Waals surface area contributed by atoms with E-state index in [1.165, 1.54) is 11.2 Å². The Labute approximate surface area is 145 Å². The van der Waals surface area contributed by atoms with Crippen LogP contribution in [-0.4, -0.2) is 49.2 Å². The van der Waals surface area contributed by atoms with Crippen molar-refractivity contribution in [1.82, 2.24) is 4.90 Å². The third-order valence-electron chi connectivity index (χ3n) is 3.68. The summed E-state index contributed by atoms with van der Waals surface area (Å²) in [6.45, 7) is 2.37. The van der Waals surface area contributed by atoms with Gasteiger partial charge in [-0.25, -0.2) is 0 Å². The Kier molecular flexibility index (Phi) is 6.05. The van der Waals surface area contributed by atoms with Crippen molar-refractivity contribution in [3.8, 4) is 11.5 Å². The highest BCUT2D eigenvalue weighted by Crippen LogP contribution is 2.20. The highest BCUT2D eigenvalue weighted by molar-refractivity contribution is 5.97. The smallest absolute Gasteiger partial charge is 0.311 e. The number of carbonyl (C=O) groups is 2. The van der Waals surface area contributed by atoms with Crippen LogP contribution in [0.2, 0.25) is 0 Å². The number of likely N-dealkylation sites (N-methyl/N-ethyl adjacent to an activating group) is 1. The van der Waals surface area contributed by atoms with Gasteiger partial charge in [0, 0.05) is 12.6 Å². The standard InChI is InChI=1S/C18H21NO6/c1-12-11-25-15(10-16(20)21)17(12)18(22)19(2)8-9-24-14-6-4-13(23-3)5-7-14/h4-7,11H,8-10H2,1-3H3,(H,20,21). The zero-order valence-electron chi connectivity index (χ0n) is 14.4. The van der Waals surface area contributed by atoms with Crippen LogP contribution >= 0.6 is 0 Å². The van der Waals surface area contributed by atoms with E-state index in [1.54, 1.807) is 45.3 Å². The van der Waals surface area contributed by atoms with Crippen molar-refractivity contribution in [3.63, 3.8) is 0 Å². The highest BCUT2D eigenvalue weighted by Gasteiger charge is 2.23. The van der Waals surface area contributed by atoms with Crippen LogP contribution in [0.15, 0.2) is 34.9 Å². The van der Waals surface area contributed by atoms with Gasteiger partial charge in [-0.15, -0.1) is 0 Å². The maximum atomic E-state index is 12.6. The quantitative estimate of drug-likeness (QED) is 0.788. The number of amides is 1. The van der Waals surface area contributed by atoms with Gasteiger partial charge in [0.05, 0.1) is 25.5 Å². The van der Waals surface area contributed by atoms with Crippen LogP contribution in [0.3, 0.4) is 0 Å². The number of hydrogen-bond donors (Lipinski definition) is 1. The van der Waals surface area contributed by atoms with Crippen molar-refractivity contribution < 1.29 is 28.6 Å².